The van der Waals surface area contributed by atoms with Gasteiger partial charge in [0.25, 0.3) is 10.0 Å². The van der Waals surface area contributed by atoms with Crippen LogP contribution < -0.4 is 9.46 Å². The van der Waals surface area contributed by atoms with Crippen molar-refractivity contribution in [2.45, 2.75) is 24.3 Å². The van der Waals surface area contributed by atoms with Crippen molar-refractivity contribution in [1.82, 2.24) is 19.6 Å². The number of nitrogens with one attached hydrogen (secondary N) is 2. The van der Waals surface area contributed by atoms with E-state index in [0.717, 1.165) is 44.6 Å². The Kier molecular flexibility index (Phi) is 6.29. The van der Waals surface area contributed by atoms with Gasteiger partial charge in [-0.15, -0.1) is 0 Å². The molecule has 1 aliphatic heterocycles. The summed E-state index contributed by atoms with van der Waals surface area (Å²) < 4.78 is 32.1. The summed E-state index contributed by atoms with van der Waals surface area (Å²) in [6.07, 6.45) is 5.73. The lowest BCUT2D eigenvalue weighted by Gasteiger charge is -2.32. The number of likely N-dealkylation sites (tertiary alicyclic amines) is 1. The zero-order valence-electron chi connectivity index (χ0n) is 15.0. The quantitative estimate of drug-likeness (QED) is 0.729. The Labute approximate surface area is 154 Å². The SMILES string of the molecule is COc1ccc(CCN2CCC(CNS(=O)(=O)c3cnc[nH]3)CC2)cc1. The minimum absolute atomic E-state index is 0.120. The average molecular weight is 378 g/mol. The zero-order chi connectivity index (χ0) is 18.4. The summed E-state index contributed by atoms with van der Waals surface area (Å²) in [5.74, 6) is 1.26. The van der Waals surface area contributed by atoms with Crippen molar-refractivity contribution < 1.29 is 13.2 Å². The normalized spacial score (nSPS) is 16.7. The highest BCUT2D eigenvalue weighted by molar-refractivity contribution is 7.89. The number of H-pyrrole nitrogens is 1. The molecule has 2 aromatic rings. The summed E-state index contributed by atoms with van der Waals surface area (Å²) >= 11 is 0. The van der Waals surface area contributed by atoms with E-state index < -0.39 is 10.0 Å². The number of aromatic amines is 1. The molecule has 1 fully saturated rings. The second-order valence-corrected chi connectivity index (χ2v) is 8.39. The highest BCUT2D eigenvalue weighted by Crippen LogP contribution is 2.18. The van der Waals surface area contributed by atoms with Crippen LogP contribution in [0.2, 0.25) is 0 Å². The van der Waals surface area contributed by atoms with Crippen LogP contribution in [0, 0.1) is 5.92 Å². The molecule has 8 heteroatoms. The van der Waals surface area contributed by atoms with Gasteiger partial charge in [-0.2, -0.15) is 0 Å². The van der Waals surface area contributed by atoms with Gasteiger partial charge in [-0.3, -0.25) is 0 Å². The molecular weight excluding hydrogens is 352 g/mol. The standard InChI is InChI=1S/C18H26N4O3S/c1-25-17-4-2-15(3-5-17)6-9-22-10-7-16(8-11-22)12-21-26(23,24)18-13-19-14-20-18/h2-5,13-14,16,21H,6-12H2,1H3,(H,19,20). The smallest absolute Gasteiger partial charge is 0.257 e. The molecule has 0 saturated carbocycles. The van der Waals surface area contributed by atoms with E-state index >= 15 is 0 Å². The third kappa shape index (κ3) is 5.06. The first-order valence-electron chi connectivity index (χ1n) is 8.90. The molecule has 142 valence electrons. The lowest BCUT2D eigenvalue weighted by Crippen LogP contribution is -2.39. The summed E-state index contributed by atoms with van der Waals surface area (Å²) in [6, 6.07) is 8.20. The summed E-state index contributed by atoms with van der Waals surface area (Å²) in [5, 5.41) is 0.120. The molecule has 0 spiro atoms. The molecule has 0 bridgehead atoms. The number of ether oxygens (including phenoxy) is 1. The van der Waals surface area contributed by atoms with Crippen LogP contribution in [0.1, 0.15) is 18.4 Å². The van der Waals surface area contributed by atoms with Crippen LogP contribution in [0.15, 0.2) is 41.8 Å². The topological polar surface area (TPSA) is 87.3 Å². The molecule has 26 heavy (non-hydrogen) atoms. The van der Waals surface area contributed by atoms with Gasteiger partial charge in [0, 0.05) is 13.1 Å². The van der Waals surface area contributed by atoms with Crippen molar-refractivity contribution in [3.05, 3.63) is 42.4 Å². The van der Waals surface area contributed by atoms with Crippen LogP contribution in [-0.4, -0.2) is 56.6 Å². The highest BCUT2D eigenvalue weighted by Gasteiger charge is 2.22. The number of hydrogen-bond acceptors (Lipinski definition) is 5. The van der Waals surface area contributed by atoms with Crippen molar-refractivity contribution in [3.63, 3.8) is 0 Å². The summed E-state index contributed by atoms with van der Waals surface area (Å²) in [7, 11) is -1.80. The second-order valence-electron chi connectivity index (χ2n) is 6.65. The molecule has 3 rings (SSSR count). The minimum Gasteiger partial charge on any atom is -0.497 e. The fraction of sp³-hybridized carbons (Fsp3) is 0.500. The Morgan fingerprint density at radius 2 is 2.00 bits per heavy atom. The van der Waals surface area contributed by atoms with E-state index in [1.54, 1.807) is 7.11 Å². The number of piperidine rings is 1. The largest absolute Gasteiger partial charge is 0.497 e. The molecule has 0 radical (unpaired) electrons. The summed E-state index contributed by atoms with van der Waals surface area (Å²) in [5.41, 5.74) is 1.31. The van der Waals surface area contributed by atoms with Crippen LogP contribution in [-0.2, 0) is 16.4 Å². The predicted molar refractivity (Wildman–Crippen MR) is 99.6 cm³/mol. The lowest BCUT2D eigenvalue weighted by atomic mass is 9.97. The number of hydrogen-bond donors (Lipinski definition) is 2. The van der Waals surface area contributed by atoms with E-state index in [1.807, 2.05) is 12.1 Å². The first-order valence-corrected chi connectivity index (χ1v) is 10.4. The van der Waals surface area contributed by atoms with Crippen molar-refractivity contribution in [1.29, 1.82) is 0 Å². The maximum Gasteiger partial charge on any atom is 0.257 e. The third-order valence-electron chi connectivity index (χ3n) is 4.91. The second kappa shape index (κ2) is 8.66. The lowest BCUT2D eigenvalue weighted by molar-refractivity contribution is 0.187. The fourth-order valence-corrected chi connectivity index (χ4v) is 4.21. The van der Waals surface area contributed by atoms with E-state index in [9.17, 15) is 8.42 Å². The Morgan fingerprint density at radius 1 is 1.27 bits per heavy atom. The molecule has 2 heterocycles. The monoisotopic (exact) mass is 378 g/mol. The van der Waals surface area contributed by atoms with Crippen molar-refractivity contribution in [2.75, 3.05) is 33.3 Å². The summed E-state index contributed by atoms with van der Waals surface area (Å²) in [4.78, 5) is 8.84. The Balaban J connectivity index is 1.38. The molecule has 0 unspecified atom stereocenters. The molecule has 7 nitrogen and oxygen atoms in total. The number of rotatable bonds is 8. The average Bonchev–Trinajstić information content (AvgIpc) is 3.22. The van der Waals surface area contributed by atoms with E-state index in [0.29, 0.717) is 12.5 Å². The van der Waals surface area contributed by atoms with Gasteiger partial charge >= 0.3 is 0 Å². The number of sulfonamides is 1. The number of imidazole rings is 1. The van der Waals surface area contributed by atoms with Crippen molar-refractivity contribution >= 4 is 10.0 Å². The molecule has 1 aromatic heterocycles. The molecule has 1 aromatic carbocycles. The highest BCUT2D eigenvalue weighted by atomic mass is 32.2. The minimum atomic E-state index is -3.47. The molecule has 1 aliphatic rings. The Hall–Kier alpha value is -1.90. The summed E-state index contributed by atoms with van der Waals surface area (Å²) in [6.45, 7) is 3.52. The van der Waals surface area contributed by atoms with Gasteiger partial charge < -0.3 is 14.6 Å². The van der Waals surface area contributed by atoms with Crippen molar-refractivity contribution in [3.8, 4) is 5.75 Å². The molecule has 0 aliphatic carbocycles. The molecule has 0 amide bonds. The molecule has 0 atom stereocenters. The molecular formula is C18H26N4O3S. The molecule has 2 N–H and O–H groups in total. The Morgan fingerprint density at radius 3 is 2.62 bits per heavy atom. The zero-order valence-corrected chi connectivity index (χ0v) is 15.8. The first kappa shape index (κ1) is 18.9. The van der Waals surface area contributed by atoms with Crippen molar-refractivity contribution in [2.24, 2.45) is 5.92 Å². The maximum atomic E-state index is 12.1. The third-order valence-corrected chi connectivity index (χ3v) is 6.26. The van der Waals surface area contributed by atoms with Gasteiger partial charge in [-0.25, -0.2) is 18.1 Å². The number of nitrogens with zero attached hydrogens (tertiary/aromatic N) is 2. The van der Waals surface area contributed by atoms with Gasteiger partial charge in [-0.1, -0.05) is 12.1 Å². The fourth-order valence-electron chi connectivity index (χ4n) is 3.19. The van der Waals surface area contributed by atoms with Gasteiger partial charge in [0.15, 0.2) is 5.03 Å². The number of benzene rings is 1. The van der Waals surface area contributed by atoms with E-state index in [2.05, 4.69) is 31.7 Å². The Bertz CT molecular complexity index is 767. The first-order chi connectivity index (χ1) is 12.6. The number of aromatic nitrogens is 2. The van der Waals surface area contributed by atoms with E-state index in [-0.39, 0.29) is 5.03 Å². The predicted octanol–water partition coefficient (Wildman–Crippen LogP) is 1.65. The van der Waals surface area contributed by atoms with Gasteiger partial charge in [0.1, 0.15) is 5.75 Å². The van der Waals surface area contributed by atoms with Gasteiger partial charge in [0.05, 0.1) is 19.6 Å². The van der Waals surface area contributed by atoms with Crippen LogP contribution in [0.25, 0.3) is 0 Å². The van der Waals surface area contributed by atoms with Crippen LogP contribution in [0.4, 0.5) is 0 Å². The maximum absolute atomic E-state index is 12.1. The van der Waals surface area contributed by atoms with Gasteiger partial charge in [0.2, 0.25) is 0 Å². The molecule has 1 saturated heterocycles. The van der Waals surface area contributed by atoms with Gasteiger partial charge in [-0.05, 0) is 56.0 Å². The van der Waals surface area contributed by atoms with Crippen LogP contribution >= 0.6 is 0 Å². The van der Waals surface area contributed by atoms with E-state index in [1.165, 1.54) is 18.1 Å². The van der Waals surface area contributed by atoms with E-state index in [4.69, 9.17) is 4.74 Å². The van der Waals surface area contributed by atoms with Crippen LogP contribution in [0.3, 0.4) is 0 Å². The number of methoxy groups -OCH3 is 1. The van der Waals surface area contributed by atoms with Crippen LogP contribution in [0.5, 0.6) is 5.75 Å².